The van der Waals surface area contributed by atoms with Crippen LogP contribution in [-0.2, 0) is 21.2 Å². The number of benzene rings is 3. The number of carbonyl (C=O) groups excluding carboxylic acids is 1. The second kappa shape index (κ2) is 9.45. The fourth-order valence-corrected chi connectivity index (χ4v) is 4.79. The molecule has 0 aliphatic heterocycles. The normalized spacial score (nSPS) is 12.4. The first-order chi connectivity index (χ1) is 14.7. The molecule has 0 saturated heterocycles. The molecule has 1 atom stereocenters. The van der Waals surface area contributed by atoms with Gasteiger partial charge in [-0.05, 0) is 62.9 Å². The molecule has 5 nitrogen and oxygen atoms in total. The minimum Gasteiger partial charge on any atom is -0.324 e. The molecule has 0 bridgehead atoms. The maximum atomic E-state index is 13.2. The lowest BCUT2D eigenvalue weighted by Crippen LogP contribution is -2.45. The van der Waals surface area contributed by atoms with Crippen molar-refractivity contribution in [3.8, 4) is 0 Å². The van der Waals surface area contributed by atoms with Gasteiger partial charge in [0.15, 0.2) is 0 Å². The molecule has 0 fully saturated rings. The average Bonchev–Trinajstić information content (AvgIpc) is 2.71. The van der Waals surface area contributed by atoms with Crippen molar-refractivity contribution in [3.05, 3.63) is 94.5 Å². The molecule has 0 unspecified atom stereocenters. The molecule has 0 aromatic heterocycles. The van der Waals surface area contributed by atoms with Gasteiger partial charge in [0.2, 0.25) is 15.9 Å². The van der Waals surface area contributed by atoms with Gasteiger partial charge < -0.3 is 5.32 Å². The molecule has 0 saturated carbocycles. The van der Waals surface area contributed by atoms with E-state index < -0.39 is 22.0 Å². The van der Waals surface area contributed by atoms with Crippen molar-refractivity contribution >= 4 is 21.6 Å². The summed E-state index contributed by atoms with van der Waals surface area (Å²) in [6.45, 7) is 7.75. The largest absolute Gasteiger partial charge is 0.324 e. The summed E-state index contributed by atoms with van der Waals surface area (Å²) in [7, 11) is -3.87. The molecule has 1 amide bonds. The summed E-state index contributed by atoms with van der Waals surface area (Å²) in [5.41, 5.74) is 5.52. The summed E-state index contributed by atoms with van der Waals surface area (Å²) in [5.74, 6) is -0.394. The lowest BCUT2D eigenvalue weighted by molar-refractivity contribution is -0.117. The van der Waals surface area contributed by atoms with Gasteiger partial charge in [0, 0.05) is 5.69 Å². The van der Waals surface area contributed by atoms with Gasteiger partial charge in [-0.1, -0.05) is 65.7 Å². The van der Waals surface area contributed by atoms with E-state index in [-0.39, 0.29) is 11.3 Å². The maximum absolute atomic E-state index is 13.2. The first-order valence-corrected chi connectivity index (χ1v) is 11.7. The van der Waals surface area contributed by atoms with E-state index in [2.05, 4.69) is 10.0 Å². The fraction of sp³-hybridized carbons (Fsp3) is 0.240. The highest BCUT2D eigenvalue weighted by molar-refractivity contribution is 7.89. The highest BCUT2D eigenvalue weighted by Crippen LogP contribution is 2.22. The van der Waals surface area contributed by atoms with Crippen molar-refractivity contribution in [1.82, 2.24) is 4.72 Å². The number of sulfonamides is 1. The topological polar surface area (TPSA) is 75.3 Å². The van der Waals surface area contributed by atoms with E-state index in [1.807, 2.05) is 70.2 Å². The van der Waals surface area contributed by atoms with Crippen molar-refractivity contribution in [1.29, 1.82) is 0 Å². The van der Waals surface area contributed by atoms with Crippen LogP contribution in [0.5, 0.6) is 0 Å². The SMILES string of the molecule is Cc1ccc(S(=O)(=O)N[C@@H](Cc2ccccc2)C(=O)Nc2c(C)cc(C)cc2C)cc1. The highest BCUT2D eigenvalue weighted by atomic mass is 32.2. The Hall–Kier alpha value is -2.96. The molecule has 0 aliphatic carbocycles. The van der Waals surface area contributed by atoms with E-state index in [0.717, 1.165) is 27.8 Å². The van der Waals surface area contributed by atoms with Crippen LogP contribution >= 0.6 is 0 Å². The minimum atomic E-state index is -3.87. The van der Waals surface area contributed by atoms with Crippen LogP contribution in [0, 0.1) is 27.7 Å². The Kier molecular flexibility index (Phi) is 6.93. The number of amides is 1. The predicted molar refractivity (Wildman–Crippen MR) is 125 cm³/mol. The summed E-state index contributed by atoms with van der Waals surface area (Å²) in [4.78, 5) is 13.4. The highest BCUT2D eigenvalue weighted by Gasteiger charge is 2.27. The van der Waals surface area contributed by atoms with Crippen LogP contribution in [0.15, 0.2) is 71.6 Å². The van der Waals surface area contributed by atoms with Crippen molar-refractivity contribution in [2.75, 3.05) is 5.32 Å². The second-order valence-electron chi connectivity index (χ2n) is 7.94. The molecule has 2 N–H and O–H groups in total. The summed E-state index contributed by atoms with van der Waals surface area (Å²) in [5, 5.41) is 2.94. The van der Waals surface area contributed by atoms with E-state index in [1.165, 1.54) is 0 Å². The number of nitrogens with one attached hydrogen (secondary N) is 2. The Labute approximate surface area is 184 Å². The Morgan fingerprint density at radius 1 is 0.839 bits per heavy atom. The third-order valence-electron chi connectivity index (χ3n) is 5.15. The van der Waals surface area contributed by atoms with Crippen molar-refractivity contribution < 1.29 is 13.2 Å². The summed E-state index contributed by atoms with van der Waals surface area (Å²) in [6.07, 6.45) is 0.238. The number of hydrogen-bond donors (Lipinski definition) is 2. The van der Waals surface area contributed by atoms with Gasteiger partial charge in [-0.3, -0.25) is 4.79 Å². The summed E-state index contributed by atoms with van der Waals surface area (Å²) < 4.78 is 28.6. The Morgan fingerprint density at radius 2 is 1.42 bits per heavy atom. The van der Waals surface area contributed by atoms with Gasteiger partial charge >= 0.3 is 0 Å². The average molecular weight is 437 g/mol. The van der Waals surface area contributed by atoms with E-state index >= 15 is 0 Å². The number of carbonyl (C=O) groups is 1. The van der Waals surface area contributed by atoms with Crippen molar-refractivity contribution in [3.63, 3.8) is 0 Å². The fourth-order valence-electron chi connectivity index (χ4n) is 3.60. The number of anilines is 1. The standard InChI is InChI=1S/C25H28N2O3S/c1-17-10-12-22(13-11-17)31(29,30)27-23(16-21-8-6-5-7-9-21)25(28)26-24-19(3)14-18(2)15-20(24)4/h5-15,23,27H,16H2,1-4H3,(H,26,28)/t23-/m0/s1. The molecule has 0 aliphatic rings. The van der Waals surface area contributed by atoms with Crippen LogP contribution in [0.1, 0.15) is 27.8 Å². The third-order valence-corrected chi connectivity index (χ3v) is 6.64. The first kappa shape index (κ1) is 22.7. The minimum absolute atomic E-state index is 0.131. The lowest BCUT2D eigenvalue weighted by Gasteiger charge is -2.21. The number of hydrogen-bond acceptors (Lipinski definition) is 3. The summed E-state index contributed by atoms with van der Waals surface area (Å²) in [6, 6.07) is 19.0. The van der Waals surface area contributed by atoms with Crippen LogP contribution in [-0.4, -0.2) is 20.4 Å². The molecule has 0 spiro atoms. The zero-order valence-corrected chi connectivity index (χ0v) is 19.1. The van der Waals surface area contributed by atoms with E-state index in [9.17, 15) is 13.2 Å². The molecule has 3 aromatic carbocycles. The molecule has 0 radical (unpaired) electrons. The molecule has 0 heterocycles. The van der Waals surface area contributed by atoms with Gasteiger partial charge in [0.1, 0.15) is 6.04 Å². The van der Waals surface area contributed by atoms with E-state index in [4.69, 9.17) is 0 Å². The van der Waals surface area contributed by atoms with Crippen LogP contribution in [0.25, 0.3) is 0 Å². The molecule has 6 heteroatoms. The van der Waals surface area contributed by atoms with Crippen LogP contribution in [0.4, 0.5) is 5.69 Å². The third kappa shape index (κ3) is 5.81. The van der Waals surface area contributed by atoms with Gasteiger partial charge in [-0.15, -0.1) is 0 Å². The van der Waals surface area contributed by atoms with Crippen LogP contribution < -0.4 is 10.0 Å². The van der Waals surface area contributed by atoms with Crippen molar-refractivity contribution in [2.24, 2.45) is 0 Å². The zero-order valence-electron chi connectivity index (χ0n) is 18.3. The summed E-state index contributed by atoms with van der Waals surface area (Å²) >= 11 is 0. The molecular weight excluding hydrogens is 408 g/mol. The molecule has 3 rings (SSSR count). The smallest absolute Gasteiger partial charge is 0.242 e. The molecule has 162 valence electrons. The Morgan fingerprint density at radius 3 is 2.00 bits per heavy atom. The molecular formula is C25H28N2O3S. The van der Waals surface area contributed by atoms with Crippen LogP contribution in [0.3, 0.4) is 0 Å². The molecule has 3 aromatic rings. The Balaban J connectivity index is 1.91. The zero-order chi connectivity index (χ0) is 22.6. The maximum Gasteiger partial charge on any atom is 0.242 e. The number of aryl methyl sites for hydroxylation is 4. The lowest BCUT2D eigenvalue weighted by atomic mass is 10.0. The van der Waals surface area contributed by atoms with E-state index in [1.54, 1.807) is 24.3 Å². The second-order valence-corrected chi connectivity index (χ2v) is 9.65. The number of rotatable bonds is 7. The quantitative estimate of drug-likeness (QED) is 0.575. The first-order valence-electron chi connectivity index (χ1n) is 10.2. The predicted octanol–water partition coefficient (Wildman–Crippen LogP) is 4.45. The van der Waals surface area contributed by atoms with E-state index in [0.29, 0.717) is 5.69 Å². The molecule has 31 heavy (non-hydrogen) atoms. The van der Waals surface area contributed by atoms with Gasteiger partial charge in [-0.2, -0.15) is 4.72 Å². The van der Waals surface area contributed by atoms with Gasteiger partial charge in [-0.25, -0.2) is 8.42 Å². The van der Waals surface area contributed by atoms with Gasteiger partial charge in [0.05, 0.1) is 4.90 Å². The van der Waals surface area contributed by atoms with Crippen LogP contribution in [0.2, 0.25) is 0 Å². The van der Waals surface area contributed by atoms with Gasteiger partial charge in [0.25, 0.3) is 0 Å². The monoisotopic (exact) mass is 436 g/mol. The van der Waals surface area contributed by atoms with Crippen molar-refractivity contribution in [2.45, 2.75) is 45.1 Å². The Bertz CT molecular complexity index is 1150.